The zero-order valence-electron chi connectivity index (χ0n) is 11.0. The first-order chi connectivity index (χ1) is 9.09. The van der Waals surface area contributed by atoms with E-state index in [2.05, 4.69) is 0 Å². The molecule has 1 heterocycles. The molecule has 4 heteroatoms. The van der Waals surface area contributed by atoms with Gasteiger partial charge in [0.05, 0.1) is 6.42 Å². The molecule has 0 aliphatic carbocycles. The van der Waals surface area contributed by atoms with E-state index in [-0.39, 0.29) is 24.0 Å². The van der Waals surface area contributed by atoms with Crippen LogP contribution in [0.25, 0.3) is 0 Å². The van der Waals surface area contributed by atoms with Crippen molar-refractivity contribution >= 4 is 17.6 Å². The average molecular weight is 259 g/mol. The van der Waals surface area contributed by atoms with Gasteiger partial charge in [-0.2, -0.15) is 0 Å². The third-order valence-electron chi connectivity index (χ3n) is 3.30. The second-order valence-electron chi connectivity index (χ2n) is 4.84. The molecule has 0 atom stereocenters. The van der Waals surface area contributed by atoms with E-state index in [1.165, 1.54) is 4.90 Å². The van der Waals surface area contributed by atoms with Crippen LogP contribution in [0.4, 0.5) is 0 Å². The van der Waals surface area contributed by atoms with Crippen LogP contribution >= 0.6 is 0 Å². The Kier molecular flexibility index (Phi) is 4.10. The van der Waals surface area contributed by atoms with Crippen LogP contribution in [-0.2, 0) is 16.0 Å². The van der Waals surface area contributed by atoms with E-state index in [1.807, 2.05) is 12.1 Å². The Morgan fingerprint density at radius 1 is 1.21 bits per heavy atom. The maximum Gasteiger partial charge on any atom is 0.260 e. The SMILES string of the molecule is CC(=O)CCCCN1C(=O)Cc2ccccc2C1=O. The molecule has 0 fully saturated rings. The number of unbranched alkanes of at least 4 members (excludes halogenated alkanes) is 1. The molecule has 0 radical (unpaired) electrons. The van der Waals surface area contributed by atoms with Gasteiger partial charge in [-0.15, -0.1) is 0 Å². The molecule has 1 aliphatic rings. The number of nitrogens with zero attached hydrogens (tertiary/aromatic N) is 1. The van der Waals surface area contributed by atoms with Crippen LogP contribution in [0.3, 0.4) is 0 Å². The molecule has 0 unspecified atom stereocenters. The molecule has 19 heavy (non-hydrogen) atoms. The number of carbonyl (C=O) groups is 3. The Bertz CT molecular complexity index is 522. The molecule has 2 amide bonds. The summed E-state index contributed by atoms with van der Waals surface area (Å²) in [5, 5.41) is 0. The second kappa shape index (κ2) is 5.78. The first-order valence-corrected chi connectivity index (χ1v) is 6.51. The van der Waals surface area contributed by atoms with Crippen molar-refractivity contribution in [1.29, 1.82) is 0 Å². The first-order valence-electron chi connectivity index (χ1n) is 6.51. The lowest BCUT2D eigenvalue weighted by Crippen LogP contribution is -2.42. The Hall–Kier alpha value is -1.97. The monoisotopic (exact) mass is 259 g/mol. The molecule has 0 saturated carbocycles. The van der Waals surface area contributed by atoms with Crippen molar-refractivity contribution in [2.75, 3.05) is 6.54 Å². The van der Waals surface area contributed by atoms with Crippen LogP contribution in [0.2, 0.25) is 0 Å². The third-order valence-corrected chi connectivity index (χ3v) is 3.30. The summed E-state index contributed by atoms with van der Waals surface area (Å²) in [6, 6.07) is 7.22. The van der Waals surface area contributed by atoms with Crippen LogP contribution in [0, 0.1) is 0 Å². The summed E-state index contributed by atoms with van der Waals surface area (Å²) in [7, 11) is 0. The highest BCUT2D eigenvalue weighted by Gasteiger charge is 2.29. The molecule has 1 aromatic rings. The molecule has 1 aromatic carbocycles. The Balaban J connectivity index is 2.01. The van der Waals surface area contributed by atoms with Crippen LogP contribution in [0.1, 0.15) is 42.1 Å². The molecule has 0 bridgehead atoms. The largest absolute Gasteiger partial charge is 0.300 e. The Morgan fingerprint density at radius 3 is 2.68 bits per heavy atom. The first kappa shape index (κ1) is 13.5. The molecule has 2 rings (SSSR count). The summed E-state index contributed by atoms with van der Waals surface area (Å²) in [4.78, 5) is 36.3. The minimum Gasteiger partial charge on any atom is -0.300 e. The van der Waals surface area contributed by atoms with Gasteiger partial charge in [0.15, 0.2) is 0 Å². The van der Waals surface area contributed by atoms with Crippen molar-refractivity contribution in [3.8, 4) is 0 Å². The van der Waals surface area contributed by atoms with Gasteiger partial charge in [0.2, 0.25) is 5.91 Å². The van der Waals surface area contributed by atoms with Gasteiger partial charge in [0.25, 0.3) is 5.91 Å². The number of carbonyl (C=O) groups excluding carboxylic acids is 3. The molecular weight excluding hydrogens is 242 g/mol. The lowest BCUT2D eigenvalue weighted by atomic mass is 9.98. The topological polar surface area (TPSA) is 54.5 Å². The molecule has 0 saturated heterocycles. The van der Waals surface area contributed by atoms with Crippen LogP contribution in [-0.4, -0.2) is 29.0 Å². The molecular formula is C15H17NO3. The summed E-state index contributed by atoms with van der Waals surface area (Å²) >= 11 is 0. The predicted molar refractivity (Wildman–Crippen MR) is 70.7 cm³/mol. The predicted octanol–water partition coefficient (Wildman–Crippen LogP) is 1.97. The van der Waals surface area contributed by atoms with Gasteiger partial charge in [-0.05, 0) is 31.4 Å². The van der Waals surface area contributed by atoms with Gasteiger partial charge in [0, 0.05) is 18.5 Å². The van der Waals surface area contributed by atoms with Crippen molar-refractivity contribution in [3.63, 3.8) is 0 Å². The van der Waals surface area contributed by atoms with Crippen LogP contribution < -0.4 is 0 Å². The summed E-state index contributed by atoms with van der Waals surface area (Å²) in [5.74, 6) is -0.220. The molecule has 4 nitrogen and oxygen atoms in total. The van der Waals surface area contributed by atoms with Crippen molar-refractivity contribution < 1.29 is 14.4 Å². The minimum absolute atomic E-state index is 0.140. The van der Waals surface area contributed by atoms with Gasteiger partial charge >= 0.3 is 0 Å². The van der Waals surface area contributed by atoms with Crippen LogP contribution in [0.15, 0.2) is 24.3 Å². The number of fused-ring (bicyclic) bond motifs is 1. The van der Waals surface area contributed by atoms with E-state index in [0.717, 1.165) is 5.56 Å². The highest BCUT2D eigenvalue weighted by Crippen LogP contribution is 2.20. The minimum atomic E-state index is -0.213. The normalized spacial score (nSPS) is 14.5. The quantitative estimate of drug-likeness (QED) is 0.600. The number of hydrogen-bond acceptors (Lipinski definition) is 3. The van der Waals surface area contributed by atoms with E-state index in [9.17, 15) is 14.4 Å². The lowest BCUT2D eigenvalue weighted by molar-refractivity contribution is -0.128. The average Bonchev–Trinajstić information content (AvgIpc) is 2.37. The van der Waals surface area contributed by atoms with Gasteiger partial charge in [-0.3, -0.25) is 14.5 Å². The smallest absolute Gasteiger partial charge is 0.260 e. The van der Waals surface area contributed by atoms with Crippen molar-refractivity contribution in [2.24, 2.45) is 0 Å². The molecule has 1 aliphatic heterocycles. The van der Waals surface area contributed by atoms with Gasteiger partial charge < -0.3 is 4.79 Å². The fraction of sp³-hybridized carbons (Fsp3) is 0.400. The summed E-state index contributed by atoms with van der Waals surface area (Å²) in [6.45, 7) is 1.95. The number of benzene rings is 1. The summed E-state index contributed by atoms with van der Waals surface area (Å²) < 4.78 is 0. The fourth-order valence-corrected chi connectivity index (χ4v) is 2.27. The maximum absolute atomic E-state index is 12.2. The molecule has 0 spiro atoms. The second-order valence-corrected chi connectivity index (χ2v) is 4.84. The van der Waals surface area contributed by atoms with Crippen LogP contribution in [0.5, 0.6) is 0 Å². The van der Waals surface area contributed by atoms with Gasteiger partial charge in [0.1, 0.15) is 5.78 Å². The van der Waals surface area contributed by atoms with Crippen molar-refractivity contribution in [3.05, 3.63) is 35.4 Å². The van der Waals surface area contributed by atoms with Crippen molar-refractivity contribution in [2.45, 2.75) is 32.6 Å². The standard InChI is InChI=1S/C15H17NO3/c1-11(17)6-4-5-9-16-14(18)10-12-7-2-3-8-13(12)15(16)19/h2-3,7-8H,4-6,9-10H2,1H3. The molecule has 0 N–H and O–H groups in total. The third kappa shape index (κ3) is 3.08. The van der Waals surface area contributed by atoms with Gasteiger partial charge in [-0.25, -0.2) is 0 Å². The number of Topliss-reactive ketones (excluding diaryl/α,β-unsaturated/α-hetero) is 1. The van der Waals surface area contributed by atoms with E-state index in [4.69, 9.17) is 0 Å². The highest BCUT2D eigenvalue weighted by atomic mass is 16.2. The lowest BCUT2D eigenvalue weighted by Gasteiger charge is -2.26. The Labute approximate surface area is 112 Å². The molecule has 100 valence electrons. The number of amides is 2. The zero-order valence-corrected chi connectivity index (χ0v) is 11.0. The number of rotatable bonds is 5. The number of imide groups is 1. The zero-order chi connectivity index (χ0) is 13.8. The highest BCUT2D eigenvalue weighted by molar-refractivity contribution is 6.09. The Morgan fingerprint density at radius 2 is 1.95 bits per heavy atom. The van der Waals surface area contributed by atoms with E-state index >= 15 is 0 Å². The summed E-state index contributed by atoms with van der Waals surface area (Å²) in [5.41, 5.74) is 1.42. The van der Waals surface area contributed by atoms with Gasteiger partial charge in [-0.1, -0.05) is 18.2 Å². The maximum atomic E-state index is 12.2. The van der Waals surface area contributed by atoms with E-state index in [0.29, 0.717) is 31.4 Å². The number of hydrogen-bond donors (Lipinski definition) is 0. The van der Waals surface area contributed by atoms with E-state index in [1.54, 1.807) is 19.1 Å². The molecule has 0 aromatic heterocycles. The van der Waals surface area contributed by atoms with E-state index < -0.39 is 0 Å². The van der Waals surface area contributed by atoms with Crippen molar-refractivity contribution in [1.82, 2.24) is 4.90 Å². The number of ketones is 1. The fourth-order valence-electron chi connectivity index (χ4n) is 2.27. The summed E-state index contributed by atoms with van der Waals surface area (Å²) in [6.07, 6.45) is 2.19.